The largest absolute Gasteiger partial charge is 0.383 e. The highest BCUT2D eigenvalue weighted by Gasteiger charge is 2.14. The quantitative estimate of drug-likeness (QED) is 0.712. The minimum atomic E-state index is -0.261. The summed E-state index contributed by atoms with van der Waals surface area (Å²) >= 11 is 0. The first-order valence-electron chi connectivity index (χ1n) is 9.07. The Balaban J connectivity index is 1.55. The van der Waals surface area contributed by atoms with Crippen LogP contribution in [0, 0.1) is 0 Å². The third kappa shape index (κ3) is 5.38. The molecule has 0 unspecified atom stereocenters. The van der Waals surface area contributed by atoms with Gasteiger partial charge in [0.1, 0.15) is 0 Å². The van der Waals surface area contributed by atoms with Crippen LogP contribution in [0.2, 0.25) is 0 Å². The predicted molar refractivity (Wildman–Crippen MR) is 106 cm³/mol. The molecule has 144 valence electrons. The fourth-order valence-corrected chi connectivity index (χ4v) is 2.85. The molecule has 27 heavy (non-hydrogen) atoms. The van der Waals surface area contributed by atoms with E-state index >= 15 is 0 Å². The van der Waals surface area contributed by atoms with Crippen molar-refractivity contribution in [3.05, 3.63) is 42.1 Å². The van der Waals surface area contributed by atoms with E-state index in [1.807, 2.05) is 12.1 Å². The SMILES string of the molecule is COCCNC(=O)c1ccc(Nc2ccc(N3CCN(C)CC3)cc2)nn1. The molecule has 1 aromatic carbocycles. The van der Waals surface area contributed by atoms with Gasteiger partial charge in [-0.3, -0.25) is 4.79 Å². The molecule has 2 heterocycles. The van der Waals surface area contributed by atoms with E-state index in [9.17, 15) is 4.79 Å². The van der Waals surface area contributed by atoms with Gasteiger partial charge in [0, 0.05) is 51.2 Å². The van der Waals surface area contributed by atoms with Gasteiger partial charge in [0.2, 0.25) is 0 Å². The average Bonchev–Trinajstić information content (AvgIpc) is 2.70. The Labute approximate surface area is 159 Å². The first kappa shape index (κ1) is 19.1. The number of hydrogen-bond acceptors (Lipinski definition) is 7. The van der Waals surface area contributed by atoms with E-state index in [4.69, 9.17) is 4.74 Å². The van der Waals surface area contributed by atoms with Crippen molar-refractivity contribution in [2.24, 2.45) is 0 Å². The van der Waals surface area contributed by atoms with Crippen LogP contribution in [0.1, 0.15) is 10.5 Å². The number of nitrogens with one attached hydrogen (secondary N) is 2. The molecule has 8 nitrogen and oxygen atoms in total. The van der Waals surface area contributed by atoms with Gasteiger partial charge >= 0.3 is 0 Å². The number of carbonyl (C=O) groups is 1. The molecular formula is C19H26N6O2. The Morgan fingerprint density at radius 2 is 1.81 bits per heavy atom. The minimum Gasteiger partial charge on any atom is -0.383 e. The van der Waals surface area contributed by atoms with Crippen LogP contribution in [0.25, 0.3) is 0 Å². The molecule has 8 heteroatoms. The number of benzene rings is 1. The summed E-state index contributed by atoms with van der Waals surface area (Å²) in [5.74, 6) is 0.332. The first-order valence-corrected chi connectivity index (χ1v) is 9.07. The number of rotatable bonds is 7. The molecule has 1 aliphatic heterocycles. The van der Waals surface area contributed by atoms with Gasteiger partial charge in [-0.05, 0) is 43.4 Å². The summed E-state index contributed by atoms with van der Waals surface area (Å²) in [7, 11) is 3.74. The Kier molecular flexibility index (Phi) is 6.56. The van der Waals surface area contributed by atoms with Crippen molar-refractivity contribution in [2.45, 2.75) is 0 Å². The van der Waals surface area contributed by atoms with Crippen molar-refractivity contribution < 1.29 is 9.53 Å². The van der Waals surface area contributed by atoms with Gasteiger partial charge in [0.15, 0.2) is 11.5 Å². The van der Waals surface area contributed by atoms with E-state index in [1.54, 1.807) is 19.2 Å². The maximum absolute atomic E-state index is 11.9. The van der Waals surface area contributed by atoms with E-state index in [0.717, 1.165) is 31.9 Å². The predicted octanol–water partition coefficient (Wildman–Crippen LogP) is 1.35. The number of aromatic nitrogens is 2. The average molecular weight is 370 g/mol. The zero-order chi connectivity index (χ0) is 19.1. The Morgan fingerprint density at radius 1 is 1.07 bits per heavy atom. The van der Waals surface area contributed by atoms with Gasteiger partial charge in [-0.2, -0.15) is 0 Å². The van der Waals surface area contributed by atoms with E-state index in [0.29, 0.717) is 19.0 Å². The van der Waals surface area contributed by atoms with Crippen LogP contribution in [0.3, 0.4) is 0 Å². The molecule has 1 fully saturated rings. The number of piperazine rings is 1. The van der Waals surface area contributed by atoms with Crippen LogP contribution in [0.5, 0.6) is 0 Å². The van der Waals surface area contributed by atoms with Gasteiger partial charge in [-0.25, -0.2) is 0 Å². The van der Waals surface area contributed by atoms with Crippen LogP contribution in [-0.2, 0) is 4.74 Å². The number of nitrogens with zero attached hydrogens (tertiary/aromatic N) is 4. The number of carbonyl (C=O) groups excluding carboxylic acids is 1. The lowest BCUT2D eigenvalue weighted by molar-refractivity contribution is 0.0931. The smallest absolute Gasteiger partial charge is 0.271 e. The van der Waals surface area contributed by atoms with E-state index in [2.05, 4.69) is 49.8 Å². The molecule has 1 amide bonds. The molecule has 1 aliphatic rings. The molecule has 3 rings (SSSR count). The fourth-order valence-electron chi connectivity index (χ4n) is 2.85. The summed E-state index contributed by atoms with van der Waals surface area (Å²) < 4.78 is 4.90. The lowest BCUT2D eigenvalue weighted by atomic mass is 10.2. The highest BCUT2D eigenvalue weighted by atomic mass is 16.5. The second-order valence-corrected chi connectivity index (χ2v) is 6.51. The molecule has 0 radical (unpaired) electrons. The summed E-state index contributed by atoms with van der Waals surface area (Å²) in [6.07, 6.45) is 0. The van der Waals surface area contributed by atoms with Crippen molar-refractivity contribution in [2.75, 3.05) is 63.7 Å². The molecule has 0 atom stereocenters. The van der Waals surface area contributed by atoms with Crippen molar-refractivity contribution in [1.29, 1.82) is 0 Å². The topological polar surface area (TPSA) is 82.6 Å². The maximum atomic E-state index is 11.9. The molecular weight excluding hydrogens is 344 g/mol. The number of anilines is 3. The number of hydrogen-bond donors (Lipinski definition) is 2. The van der Waals surface area contributed by atoms with Gasteiger partial charge in [-0.1, -0.05) is 0 Å². The summed E-state index contributed by atoms with van der Waals surface area (Å²) in [6.45, 7) is 5.16. The monoisotopic (exact) mass is 370 g/mol. The maximum Gasteiger partial charge on any atom is 0.271 e. The van der Waals surface area contributed by atoms with Crippen LogP contribution < -0.4 is 15.5 Å². The summed E-state index contributed by atoms with van der Waals surface area (Å²) in [5, 5.41) is 14.0. The summed E-state index contributed by atoms with van der Waals surface area (Å²) in [5.41, 5.74) is 2.43. The molecule has 1 saturated heterocycles. The van der Waals surface area contributed by atoms with Crippen molar-refractivity contribution >= 4 is 23.1 Å². The van der Waals surface area contributed by atoms with Crippen molar-refractivity contribution in [1.82, 2.24) is 20.4 Å². The molecule has 1 aromatic heterocycles. The molecule has 0 aliphatic carbocycles. The fraction of sp³-hybridized carbons (Fsp3) is 0.421. The highest BCUT2D eigenvalue weighted by Crippen LogP contribution is 2.21. The summed E-state index contributed by atoms with van der Waals surface area (Å²) in [4.78, 5) is 16.6. The molecule has 0 spiro atoms. The Morgan fingerprint density at radius 3 is 2.44 bits per heavy atom. The third-order valence-electron chi connectivity index (χ3n) is 4.50. The first-order chi connectivity index (χ1) is 13.2. The Hall–Kier alpha value is -2.71. The highest BCUT2D eigenvalue weighted by molar-refractivity contribution is 5.92. The van der Waals surface area contributed by atoms with Crippen LogP contribution >= 0.6 is 0 Å². The molecule has 2 N–H and O–H groups in total. The Bertz CT molecular complexity index is 727. The zero-order valence-electron chi connectivity index (χ0n) is 15.8. The van der Waals surface area contributed by atoms with Gasteiger partial charge in [-0.15, -0.1) is 10.2 Å². The second-order valence-electron chi connectivity index (χ2n) is 6.51. The third-order valence-corrected chi connectivity index (χ3v) is 4.50. The second kappa shape index (κ2) is 9.29. The molecule has 2 aromatic rings. The number of likely N-dealkylation sites (N-methyl/N-ethyl adjacent to an activating group) is 1. The standard InChI is InChI=1S/C19H26N6O2/c1-24-10-12-25(13-11-24)16-5-3-15(4-6-16)21-18-8-7-17(22-23-18)19(26)20-9-14-27-2/h3-8H,9-14H2,1-2H3,(H,20,26)(H,21,23). The number of ether oxygens (including phenoxy) is 1. The number of amides is 1. The summed E-state index contributed by atoms with van der Waals surface area (Å²) in [6, 6.07) is 11.7. The van der Waals surface area contributed by atoms with E-state index in [1.165, 1.54) is 5.69 Å². The van der Waals surface area contributed by atoms with Gasteiger partial charge < -0.3 is 25.2 Å². The molecule has 0 bridgehead atoms. The number of methoxy groups -OCH3 is 1. The van der Waals surface area contributed by atoms with Crippen molar-refractivity contribution in [3.8, 4) is 0 Å². The normalized spacial score (nSPS) is 14.8. The van der Waals surface area contributed by atoms with Crippen LogP contribution in [0.4, 0.5) is 17.2 Å². The minimum absolute atomic E-state index is 0.261. The van der Waals surface area contributed by atoms with E-state index < -0.39 is 0 Å². The van der Waals surface area contributed by atoms with Gasteiger partial charge in [0.25, 0.3) is 5.91 Å². The van der Waals surface area contributed by atoms with Crippen LogP contribution in [-0.4, -0.2) is 74.5 Å². The van der Waals surface area contributed by atoms with E-state index in [-0.39, 0.29) is 11.6 Å². The zero-order valence-corrected chi connectivity index (χ0v) is 15.8. The molecule has 0 saturated carbocycles. The van der Waals surface area contributed by atoms with Crippen LogP contribution in [0.15, 0.2) is 36.4 Å². The van der Waals surface area contributed by atoms with Gasteiger partial charge in [0.05, 0.1) is 6.61 Å². The lowest BCUT2D eigenvalue weighted by Gasteiger charge is -2.34. The lowest BCUT2D eigenvalue weighted by Crippen LogP contribution is -2.44. The van der Waals surface area contributed by atoms with Crippen molar-refractivity contribution in [3.63, 3.8) is 0 Å².